The largest absolute Gasteiger partial charge is 0.352 e. The van der Waals surface area contributed by atoms with Crippen molar-refractivity contribution in [3.63, 3.8) is 0 Å². The average molecular weight is 350 g/mol. The number of carbonyl (C=O) groups excluding carboxylic acids is 2. The molecular formula is C18H27FN4O2. The van der Waals surface area contributed by atoms with Gasteiger partial charge < -0.3 is 21.7 Å². The summed E-state index contributed by atoms with van der Waals surface area (Å²) >= 11 is 0. The lowest BCUT2D eigenvalue weighted by atomic mass is 9.90. The Hall–Kier alpha value is -2.15. The molecular weight excluding hydrogens is 323 g/mol. The summed E-state index contributed by atoms with van der Waals surface area (Å²) in [6.07, 6.45) is 3.91. The summed E-state index contributed by atoms with van der Waals surface area (Å²) in [5, 5.41) is 2.49. The van der Waals surface area contributed by atoms with Crippen LogP contribution < -0.4 is 16.8 Å². The molecule has 1 heterocycles. The number of nitrogens with two attached hydrogens (primary N) is 2. The topological polar surface area (TPSA) is 101 Å². The number of benzene rings is 1. The smallest absolute Gasteiger partial charge is 0.312 e. The number of likely N-dealkylation sites (tertiary alicyclic amines) is 1. The zero-order valence-corrected chi connectivity index (χ0v) is 14.4. The monoisotopic (exact) mass is 350 g/mol. The Labute approximate surface area is 147 Å². The minimum Gasteiger partial charge on any atom is -0.352 e. The standard InChI is InChI=1S/C18H27FN4O2/c19-15-5-3-13(4-6-15)12-14-7-10-23(11-8-14)17(24)16(20)2-1-9-22-18(21)25/h3-6,14,16H,1-2,7-12,20H2,(H3,21,22,25). The predicted octanol–water partition coefficient (Wildman–Crippen LogP) is 1.38. The van der Waals surface area contributed by atoms with E-state index in [1.807, 2.05) is 17.0 Å². The molecule has 3 amide bonds. The first-order valence-corrected chi connectivity index (χ1v) is 8.78. The first-order valence-electron chi connectivity index (χ1n) is 8.78. The maximum Gasteiger partial charge on any atom is 0.312 e. The number of hydrogen-bond donors (Lipinski definition) is 3. The summed E-state index contributed by atoms with van der Waals surface area (Å²) in [6.45, 7) is 1.84. The van der Waals surface area contributed by atoms with Crippen molar-refractivity contribution in [3.8, 4) is 0 Å². The van der Waals surface area contributed by atoms with E-state index in [1.165, 1.54) is 12.1 Å². The van der Waals surface area contributed by atoms with Gasteiger partial charge in [0.25, 0.3) is 0 Å². The number of urea groups is 1. The van der Waals surface area contributed by atoms with Crippen LogP contribution in [0.2, 0.25) is 0 Å². The second kappa shape index (κ2) is 9.36. The number of amides is 3. The molecule has 138 valence electrons. The van der Waals surface area contributed by atoms with Crippen LogP contribution in [0.15, 0.2) is 24.3 Å². The number of primary amides is 1. The van der Waals surface area contributed by atoms with Gasteiger partial charge in [-0.15, -0.1) is 0 Å². The molecule has 5 N–H and O–H groups in total. The quantitative estimate of drug-likeness (QED) is 0.648. The van der Waals surface area contributed by atoms with Crippen LogP contribution in [-0.2, 0) is 11.2 Å². The van der Waals surface area contributed by atoms with Crippen molar-refractivity contribution in [1.82, 2.24) is 10.2 Å². The van der Waals surface area contributed by atoms with Gasteiger partial charge in [-0.05, 0) is 55.7 Å². The lowest BCUT2D eigenvalue weighted by Gasteiger charge is -2.33. The van der Waals surface area contributed by atoms with Crippen molar-refractivity contribution in [1.29, 1.82) is 0 Å². The SMILES string of the molecule is NC(=O)NCCCC(N)C(=O)N1CCC(Cc2ccc(F)cc2)CC1. The zero-order chi connectivity index (χ0) is 18.2. The molecule has 1 saturated heterocycles. The van der Waals surface area contributed by atoms with E-state index in [0.29, 0.717) is 38.4 Å². The summed E-state index contributed by atoms with van der Waals surface area (Å²) < 4.78 is 12.9. The van der Waals surface area contributed by atoms with E-state index in [2.05, 4.69) is 5.32 Å². The Bertz CT molecular complexity index is 571. The molecule has 1 aliphatic rings. The van der Waals surface area contributed by atoms with Gasteiger partial charge in [0.1, 0.15) is 5.82 Å². The number of rotatable bonds is 7. The van der Waals surface area contributed by atoms with Gasteiger partial charge in [0.15, 0.2) is 0 Å². The van der Waals surface area contributed by atoms with E-state index >= 15 is 0 Å². The molecule has 0 radical (unpaired) electrons. The van der Waals surface area contributed by atoms with Crippen LogP contribution in [0.5, 0.6) is 0 Å². The Morgan fingerprint density at radius 1 is 1.24 bits per heavy atom. The van der Waals surface area contributed by atoms with Gasteiger partial charge in [-0.3, -0.25) is 4.79 Å². The van der Waals surface area contributed by atoms with Gasteiger partial charge in [-0.1, -0.05) is 12.1 Å². The van der Waals surface area contributed by atoms with Crippen molar-refractivity contribution in [2.75, 3.05) is 19.6 Å². The fourth-order valence-corrected chi connectivity index (χ4v) is 3.20. The van der Waals surface area contributed by atoms with Crippen molar-refractivity contribution in [2.45, 2.75) is 38.1 Å². The van der Waals surface area contributed by atoms with Gasteiger partial charge in [-0.25, -0.2) is 9.18 Å². The number of hydrogen-bond acceptors (Lipinski definition) is 3. The molecule has 1 atom stereocenters. The fourth-order valence-electron chi connectivity index (χ4n) is 3.20. The van der Waals surface area contributed by atoms with Crippen LogP contribution in [0, 0.1) is 11.7 Å². The first kappa shape index (κ1) is 19.2. The normalized spacial score (nSPS) is 16.5. The zero-order valence-electron chi connectivity index (χ0n) is 14.4. The molecule has 0 spiro atoms. The molecule has 0 bridgehead atoms. The average Bonchev–Trinajstić information content (AvgIpc) is 2.60. The van der Waals surface area contributed by atoms with Gasteiger partial charge in [0, 0.05) is 19.6 Å². The molecule has 1 fully saturated rings. The summed E-state index contributed by atoms with van der Waals surface area (Å²) in [7, 11) is 0. The van der Waals surface area contributed by atoms with Crippen LogP contribution in [-0.4, -0.2) is 42.5 Å². The molecule has 0 aromatic heterocycles. The Kier molecular flexibility index (Phi) is 7.18. The van der Waals surface area contributed by atoms with E-state index < -0.39 is 12.1 Å². The van der Waals surface area contributed by atoms with Gasteiger partial charge in [-0.2, -0.15) is 0 Å². The third-order valence-electron chi connectivity index (χ3n) is 4.67. The maximum atomic E-state index is 12.9. The summed E-state index contributed by atoms with van der Waals surface area (Å²) in [5.41, 5.74) is 12.1. The van der Waals surface area contributed by atoms with Crippen LogP contribution in [0.1, 0.15) is 31.2 Å². The van der Waals surface area contributed by atoms with Crippen molar-refractivity contribution >= 4 is 11.9 Å². The van der Waals surface area contributed by atoms with Crippen LogP contribution >= 0.6 is 0 Å². The molecule has 7 heteroatoms. The third-order valence-corrected chi connectivity index (χ3v) is 4.67. The Morgan fingerprint density at radius 2 is 1.88 bits per heavy atom. The number of piperidine rings is 1. The van der Waals surface area contributed by atoms with Gasteiger partial charge >= 0.3 is 6.03 Å². The highest BCUT2D eigenvalue weighted by Crippen LogP contribution is 2.22. The predicted molar refractivity (Wildman–Crippen MR) is 94.2 cm³/mol. The first-order chi connectivity index (χ1) is 12.0. The van der Waals surface area contributed by atoms with Crippen molar-refractivity contribution < 1.29 is 14.0 Å². The lowest BCUT2D eigenvalue weighted by molar-refractivity contribution is -0.134. The second-order valence-electron chi connectivity index (χ2n) is 6.64. The molecule has 0 saturated carbocycles. The number of nitrogens with zero attached hydrogens (tertiary/aromatic N) is 1. The number of halogens is 1. The third kappa shape index (κ3) is 6.34. The number of nitrogens with one attached hydrogen (secondary N) is 1. The molecule has 6 nitrogen and oxygen atoms in total. The van der Waals surface area contributed by atoms with E-state index in [4.69, 9.17) is 11.5 Å². The van der Waals surface area contributed by atoms with Crippen LogP contribution in [0.25, 0.3) is 0 Å². The van der Waals surface area contributed by atoms with Crippen LogP contribution in [0.3, 0.4) is 0 Å². The summed E-state index contributed by atoms with van der Waals surface area (Å²) in [5.74, 6) is 0.258. The maximum absolute atomic E-state index is 12.9. The molecule has 25 heavy (non-hydrogen) atoms. The van der Waals surface area contributed by atoms with Gasteiger partial charge in [0.05, 0.1) is 6.04 Å². The highest BCUT2D eigenvalue weighted by molar-refractivity contribution is 5.81. The lowest BCUT2D eigenvalue weighted by Crippen LogP contribution is -2.47. The van der Waals surface area contributed by atoms with Crippen LogP contribution in [0.4, 0.5) is 9.18 Å². The molecule has 1 unspecified atom stereocenters. The Morgan fingerprint density at radius 3 is 2.48 bits per heavy atom. The summed E-state index contributed by atoms with van der Waals surface area (Å²) in [6, 6.07) is 5.51. The minimum atomic E-state index is -0.567. The van der Waals surface area contributed by atoms with Crippen molar-refractivity contribution in [3.05, 3.63) is 35.6 Å². The van der Waals surface area contributed by atoms with Gasteiger partial charge in [0.2, 0.25) is 5.91 Å². The van der Waals surface area contributed by atoms with E-state index in [9.17, 15) is 14.0 Å². The molecule has 0 aliphatic carbocycles. The van der Waals surface area contributed by atoms with E-state index in [1.54, 1.807) is 0 Å². The minimum absolute atomic E-state index is 0.0284. The van der Waals surface area contributed by atoms with E-state index in [0.717, 1.165) is 24.8 Å². The molecule has 2 rings (SSSR count). The second-order valence-corrected chi connectivity index (χ2v) is 6.64. The molecule has 1 aromatic carbocycles. The fraction of sp³-hybridized carbons (Fsp3) is 0.556. The highest BCUT2D eigenvalue weighted by Gasteiger charge is 2.26. The summed E-state index contributed by atoms with van der Waals surface area (Å²) in [4.78, 5) is 24.8. The van der Waals surface area contributed by atoms with Crippen molar-refractivity contribution in [2.24, 2.45) is 17.4 Å². The van der Waals surface area contributed by atoms with E-state index in [-0.39, 0.29) is 11.7 Å². The molecule has 1 aromatic rings. The highest BCUT2D eigenvalue weighted by atomic mass is 19.1. The molecule has 1 aliphatic heterocycles. The number of carbonyl (C=O) groups is 2. The Balaban J connectivity index is 1.70.